The van der Waals surface area contributed by atoms with Crippen LogP contribution >= 0.6 is 0 Å². The van der Waals surface area contributed by atoms with Gasteiger partial charge in [0.2, 0.25) is 0 Å². The zero-order chi connectivity index (χ0) is 11.7. The lowest BCUT2D eigenvalue weighted by molar-refractivity contribution is -0.142. The van der Waals surface area contributed by atoms with Gasteiger partial charge in [-0.25, -0.2) is 4.79 Å². The van der Waals surface area contributed by atoms with E-state index in [1.807, 2.05) is 54.9 Å². The summed E-state index contributed by atoms with van der Waals surface area (Å²) in [4.78, 5) is 11.3. The van der Waals surface area contributed by atoms with Crippen molar-refractivity contribution in [3.8, 4) is 0 Å². The van der Waals surface area contributed by atoms with Crippen molar-refractivity contribution in [2.45, 2.75) is 19.9 Å². The molecule has 0 saturated heterocycles. The summed E-state index contributed by atoms with van der Waals surface area (Å²) in [6.45, 7) is 3.85. The van der Waals surface area contributed by atoms with Crippen molar-refractivity contribution in [2.75, 3.05) is 0 Å². The molecule has 0 amide bonds. The molecule has 1 atom stereocenters. The highest BCUT2D eigenvalue weighted by Gasteiger charge is 2.23. The van der Waals surface area contributed by atoms with Crippen molar-refractivity contribution in [3.63, 3.8) is 0 Å². The molecule has 0 aliphatic carbocycles. The van der Waals surface area contributed by atoms with Crippen LogP contribution in [0.15, 0.2) is 36.5 Å². The maximum Gasteiger partial charge on any atom is 0.326 e. The number of aromatic nitrogens is 1. The van der Waals surface area contributed by atoms with Crippen molar-refractivity contribution < 1.29 is 9.90 Å². The summed E-state index contributed by atoms with van der Waals surface area (Å²) >= 11 is 0. The van der Waals surface area contributed by atoms with Gasteiger partial charge >= 0.3 is 5.97 Å². The second-order valence-electron chi connectivity index (χ2n) is 4.31. The first-order valence-electron chi connectivity index (χ1n) is 5.39. The van der Waals surface area contributed by atoms with Crippen LogP contribution in [0.25, 0.3) is 10.9 Å². The van der Waals surface area contributed by atoms with Gasteiger partial charge in [0, 0.05) is 11.7 Å². The number of hydrogen-bond acceptors (Lipinski definition) is 1. The molecular formula is C13H15NO2. The van der Waals surface area contributed by atoms with Crippen molar-refractivity contribution in [2.24, 2.45) is 5.92 Å². The smallest absolute Gasteiger partial charge is 0.326 e. The van der Waals surface area contributed by atoms with Gasteiger partial charge in [-0.05, 0) is 23.4 Å². The summed E-state index contributed by atoms with van der Waals surface area (Å²) in [5.41, 5.74) is 0.976. The molecule has 0 radical (unpaired) electrons. The fourth-order valence-electron chi connectivity index (χ4n) is 2.07. The number of para-hydroxylation sites is 1. The topological polar surface area (TPSA) is 42.2 Å². The summed E-state index contributed by atoms with van der Waals surface area (Å²) in [5.74, 6) is -0.718. The minimum Gasteiger partial charge on any atom is -0.480 e. The zero-order valence-electron chi connectivity index (χ0n) is 9.42. The monoisotopic (exact) mass is 217 g/mol. The van der Waals surface area contributed by atoms with Gasteiger partial charge in [-0.15, -0.1) is 0 Å². The summed E-state index contributed by atoms with van der Waals surface area (Å²) in [7, 11) is 0. The summed E-state index contributed by atoms with van der Waals surface area (Å²) in [6, 6.07) is 9.28. The standard InChI is InChI=1S/C13H15NO2/c1-9(2)12(13(15)16)14-8-7-10-5-3-4-6-11(10)14/h3-9,12H,1-2H3,(H,15,16). The van der Waals surface area contributed by atoms with E-state index in [0.29, 0.717) is 0 Å². The average molecular weight is 217 g/mol. The third-order valence-corrected chi connectivity index (χ3v) is 2.81. The molecule has 0 fully saturated rings. The van der Waals surface area contributed by atoms with Gasteiger partial charge < -0.3 is 9.67 Å². The number of benzene rings is 1. The van der Waals surface area contributed by atoms with Gasteiger partial charge in [-0.2, -0.15) is 0 Å². The molecule has 0 spiro atoms. The maximum absolute atomic E-state index is 11.3. The summed E-state index contributed by atoms with van der Waals surface area (Å²) in [5, 5.41) is 10.3. The minimum atomic E-state index is -0.781. The number of hydrogen-bond donors (Lipinski definition) is 1. The van der Waals surface area contributed by atoms with Crippen LogP contribution in [-0.2, 0) is 4.79 Å². The second-order valence-corrected chi connectivity index (χ2v) is 4.31. The number of aliphatic carboxylic acids is 1. The van der Waals surface area contributed by atoms with Crippen LogP contribution in [0.1, 0.15) is 19.9 Å². The Bertz CT molecular complexity index is 513. The fourth-order valence-corrected chi connectivity index (χ4v) is 2.07. The molecule has 16 heavy (non-hydrogen) atoms. The van der Waals surface area contributed by atoms with Gasteiger partial charge in [-0.3, -0.25) is 0 Å². The molecule has 1 unspecified atom stereocenters. The Labute approximate surface area is 94.3 Å². The van der Waals surface area contributed by atoms with E-state index >= 15 is 0 Å². The largest absolute Gasteiger partial charge is 0.480 e. The minimum absolute atomic E-state index is 0.0632. The Morgan fingerprint density at radius 3 is 2.56 bits per heavy atom. The van der Waals surface area contributed by atoms with Crippen LogP contribution in [0.5, 0.6) is 0 Å². The van der Waals surface area contributed by atoms with Gasteiger partial charge in [0.05, 0.1) is 0 Å². The molecular weight excluding hydrogens is 202 g/mol. The van der Waals surface area contributed by atoms with Gasteiger partial charge in [0.1, 0.15) is 6.04 Å². The summed E-state index contributed by atoms with van der Waals surface area (Å²) in [6.07, 6.45) is 1.85. The van der Waals surface area contributed by atoms with Crippen molar-refractivity contribution in [1.82, 2.24) is 4.57 Å². The Hall–Kier alpha value is -1.77. The van der Waals surface area contributed by atoms with Crippen molar-refractivity contribution >= 4 is 16.9 Å². The highest BCUT2D eigenvalue weighted by atomic mass is 16.4. The van der Waals surface area contributed by atoms with E-state index < -0.39 is 12.0 Å². The van der Waals surface area contributed by atoms with Gasteiger partial charge in [0.25, 0.3) is 0 Å². The Morgan fingerprint density at radius 2 is 1.94 bits per heavy atom. The Balaban J connectivity index is 2.57. The van der Waals surface area contributed by atoms with E-state index in [2.05, 4.69) is 0 Å². The van der Waals surface area contributed by atoms with Crippen LogP contribution in [0.4, 0.5) is 0 Å². The van der Waals surface area contributed by atoms with E-state index in [4.69, 9.17) is 0 Å². The van der Waals surface area contributed by atoms with Crippen LogP contribution < -0.4 is 0 Å². The molecule has 0 saturated carbocycles. The first-order chi connectivity index (χ1) is 7.61. The highest BCUT2D eigenvalue weighted by molar-refractivity contribution is 5.83. The molecule has 3 heteroatoms. The molecule has 0 bridgehead atoms. The number of rotatable bonds is 3. The predicted molar refractivity (Wildman–Crippen MR) is 63.4 cm³/mol. The molecule has 2 rings (SSSR count). The van der Waals surface area contributed by atoms with Crippen LogP contribution in [0.2, 0.25) is 0 Å². The zero-order valence-corrected chi connectivity index (χ0v) is 9.42. The lowest BCUT2D eigenvalue weighted by atomic mass is 10.0. The van der Waals surface area contributed by atoms with Gasteiger partial charge in [-0.1, -0.05) is 32.0 Å². The second kappa shape index (κ2) is 4.00. The lowest BCUT2D eigenvalue weighted by Crippen LogP contribution is -2.23. The molecule has 1 N–H and O–H groups in total. The van der Waals surface area contributed by atoms with E-state index in [1.165, 1.54) is 0 Å². The number of carbonyl (C=O) groups is 1. The molecule has 1 aromatic carbocycles. The third-order valence-electron chi connectivity index (χ3n) is 2.81. The van der Waals surface area contributed by atoms with Crippen LogP contribution in [0.3, 0.4) is 0 Å². The highest BCUT2D eigenvalue weighted by Crippen LogP contribution is 2.25. The molecule has 2 aromatic rings. The molecule has 0 aliphatic rings. The Morgan fingerprint density at radius 1 is 1.25 bits per heavy atom. The van der Waals surface area contributed by atoms with E-state index in [-0.39, 0.29) is 5.92 Å². The average Bonchev–Trinajstić information content (AvgIpc) is 2.61. The maximum atomic E-state index is 11.3. The van der Waals surface area contributed by atoms with E-state index in [9.17, 15) is 9.90 Å². The molecule has 84 valence electrons. The number of carboxylic acid groups (broad SMARTS) is 1. The normalized spacial score (nSPS) is 13.2. The van der Waals surface area contributed by atoms with Gasteiger partial charge in [0.15, 0.2) is 0 Å². The number of carboxylic acids is 1. The fraction of sp³-hybridized carbons (Fsp3) is 0.308. The first-order valence-corrected chi connectivity index (χ1v) is 5.39. The Kier molecular flexibility index (Phi) is 2.69. The predicted octanol–water partition coefficient (Wildman–Crippen LogP) is 2.92. The quantitative estimate of drug-likeness (QED) is 0.858. The lowest BCUT2D eigenvalue weighted by Gasteiger charge is -2.19. The number of nitrogens with zero attached hydrogens (tertiary/aromatic N) is 1. The summed E-state index contributed by atoms with van der Waals surface area (Å²) < 4.78 is 1.84. The molecule has 1 aromatic heterocycles. The van der Waals surface area contributed by atoms with Crippen LogP contribution in [-0.4, -0.2) is 15.6 Å². The third kappa shape index (κ3) is 1.69. The van der Waals surface area contributed by atoms with Crippen molar-refractivity contribution in [1.29, 1.82) is 0 Å². The van der Waals surface area contributed by atoms with Crippen molar-refractivity contribution in [3.05, 3.63) is 36.5 Å². The number of fused-ring (bicyclic) bond motifs is 1. The first kappa shape index (κ1) is 10.7. The molecule has 1 heterocycles. The van der Waals surface area contributed by atoms with E-state index in [0.717, 1.165) is 10.9 Å². The van der Waals surface area contributed by atoms with E-state index in [1.54, 1.807) is 0 Å². The van der Waals surface area contributed by atoms with Crippen LogP contribution in [0, 0.1) is 5.92 Å². The SMILES string of the molecule is CC(C)C(C(=O)O)n1ccc2ccccc21. The molecule has 0 aliphatic heterocycles. The molecule has 3 nitrogen and oxygen atoms in total.